The SMILES string of the molecule is NCCNCCC(S)CCN. The fourth-order valence-corrected chi connectivity index (χ4v) is 1.11. The number of thiol groups is 1. The van der Waals surface area contributed by atoms with E-state index in [1.165, 1.54) is 0 Å². The van der Waals surface area contributed by atoms with Gasteiger partial charge in [0.25, 0.3) is 0 Å². The van der Waals surface area contributed by atoms with Gasteiger partial charge in [-0.3, -0.25) is 0 Å². The molecule has 0 aromatic heterocycles. The van der Waals surface area contributed by atoms with Crippen LogP contribution in [-0.4, -0.2) is 31.4 Å². The maximum atomic E-state index is 5.37. The highest BCUT2D eigenvalue weighted by Crippen LogP contribution is 2.03. The lowest BCUT2D eigenvalue weighted by Crippen LogP contribution is -2.25. The van der Waals surface area contributed by atoms with Crippen LogP contribution in [0.1, 0.15) is 12.8 Å². The number of hydrogen-bond donors (Lipinski definition) is 4. The molecule has 0 fully saturated rings. The predicted molar refractivity (Wildman–Crippen MR) is 53.0 cm³/mol. The molecule has 0 amide bonds. The molecule has 0 aromatic rings. The fourth-order valence-electron chi connectivity index (χ4n) is 0.832. The zero-order chi connectivity index (χ0) is 8.53. The first-order chi connectivity index (χ1) is 5.31. The summed E-state index contributed by atoms with van der Waals surface area (Å²) in [6, 6.07) is 0. The fraction of sp³-hybridized carbons (Fsp3) is 1.00. The Kier molecular flexibility index (Phi) is 8.50. The molecule has 4 heteroatoms. The van der Waals surface area contributed by atoms with Gasteiger partial charge in [-0.1, -0.05) is 0 Å². The highest BCUT2D eigenvalue weighted by Gasteiger charge is 1.99. The van der Waals surface area contributed by atoms with Crippen molar-refractivity contribution in [3.63, 3.8) is 0 Å². The second-order valence-electron chi connectivity index (χ2n) is 2.56. The van der Waals surface area contributed by atoms with Crippen molar-refractivity contribution in [2.24, 2.45) is 11.5 Å². The van der Waals surface area contributed by atoms with Gasteiger partial charge in [-0.15, -0.1) is 0 Å². The van der Waals surface area contributed by atoms with Crippen LogP contribution in [0.15, 0.2) is 0 Å². The molecule has 0 saturated heterocycles. The topological polar surface area (TPSA) is 64.1 Å². The third kappa shape index (κ3) is 8.13. The van der Waals surface area contributed by atoms with Crippen LogP contribution in [0, 0.1) is 0 Å². The van der Waals surface area contributed by atoms with Gasteiger partial charge in [-0.2, -0.15) is 12.6 Å². The molecule has 3 nitrogen and oxygen atoms in total. The van der Waals surface area contributed by atoms with Crippen LogP contribution in [0.4, 0.5) is 0 Å². The Labute approximate surface area is 74.3 Å². The summed E-state index contributed by atoms with van der Waals surface area (Å²) in [7, 11) is 0. The summed E-state index contributed by atoms with van der Waals surface area (Å²) in [5, 5.41) is 3.65. The third-order valence-electron chi connectivity index (χ3n) is 1.48. The van der Waals surface area contributed by atoms with Crippen molar-refractivity contribution < 1.29 is 0 Å². The Hall–Kier alpha value is 0.230. The van der Waals surface area contributed by atoms with E-state index in [0.29, 0.717) is 11.8 Å². The smallest absolute Gasteiger partial charge is 0.00745 e. The van der Waals surface area contributed by atoms with E-state index in [1.54, 1.807) is 0 Å². The quantitative estimate of drug-likeness (QED) is 0.315. The molecule has 0 radical (unpaired) electrons. The van der Waals surface area contributed by atoms with Crippen molar-refractivity contribution in [1.82, 2.24) is 5.32 Å². The van der Waals surface area contributed by atoms with E-state index in [2.05, 4.69) is 17.9 Å². The van der Waals surface area contributed by atoms with E-state index < -0.39 is 0 Å². The standard InChI is InChI=1S/C7H19N3S/c8-3-1-7(11)2-5-10-6-4-9/h7,10-11H,1-6,8-9H2. The number of nitrogens with one attached hydrogen (secondary N) is 1. The largest absolute Gasteiger partial charge is 0.330 e. The normalized spacial score (nSPS) is 13.4. The molecule has 1 unspecified atom stereocenters. The van der Waals surface area contributed by atoms with Gasteiger partial charge < -0.3 is 16.8 Å². The van der Waals surface area contributed by atoms with Crippen molar-refractivity contribution in [2.45, 2.75) is 18.1 Å². The summed E-state index contributed by atoms with van der Waals surface area (Å²) in [6.07, 6.45) is 2.06. The highest BCUT2D eigenvalue weighted by atomic mass is 32.1. The van der Waals surface area contributed by atoms with E-state index in [4.69, 9.17) is 11.5 Å². The summed E-state index contributed by atoms with van der Waals surface area (Å²) in [5.41, 5.74) is 10.7. The molecule has 0 rings (SSSR count). The van der Waals surface area contributed by atoms with Gasteiger partial charge in [0.05, 0.1) is 0 Å². The van der Waals surface area contributed by atoms with Crippen LogP contribution in [-0.2, 0) is 0 Å². The van der Waals surface area contributed by atoms with Crippen LogP contribution in [0.3, 0.4) is 0 Å². The van der Waals surface area contributed by atoms with E-state index in [9.17, 15) is 0 Å². The first-order valence-electron chi connectivity index (χ1n) is 4.10. The third-order valence-corrected chi connectivity index (χ3v) is 1.99. The lowest BCUT2D eigenvalue weighted by molar-refractivity contribution is 0.622. The van der Waals surface area contributed by atoms with Gasteiger partial charge in [0, 0.05) is 18.3 Å². The highest BCUT2D eigenvalue weighted by molar-refractivity contribution is 7.80. The average Bonchev–Trinajstić information content (AvgIpc) is 1.99. The lowest BCUT2D eigenvalue weighted by atomic mass is 10.2. The van der Waals surface area contributed by atoms with E-state index >= 15 is 0 Å². The molecule has 0 heterocycles. The lowest BCUT2D eigenvalue weighted by Gasteiger charge is -2.08. The van der Waals surface area contributed by atoms with Crippen LogP contribution < -0.4 is 16.8 Å². The van der Waals surface area contributed by atoms with E-state index in [1.807, 2.05) is 0 Å². The maximum Gasteiger partial charge on any atom is 0.00745 e. The average molecular weight is 177 g/mol. The molecular weight excluding hydrogens is 158 g/mol. The van der Waals surface area contributed by atoms with Gasteiger partial charge >= 0.3 is 0 Å². The molecule has 5 N–H and O–H groups in total. The summed E-state index contributed by atoms with van der Waals surface area (Å²) in [5.74, 6) is 0. The summed E-state index contributed by atoms with van der Waals surface area (Å²) < 4.78 is 0. The van der Waals surface area contributed by atoms with Gasteiger partial charge in [0.2, 0.25) is 0 Å². The number of rotatable bonds is 7. The Morgan fingerprint density at radius 1 is 1.09 bits per heavy atom. The maximum absolute atomic E-state index is 5.37. The second-order valence-corrected chi connectivity index (χ2v) is 3.29. The van der Waals surface area contributed by atoms with Crippen LogP contribution in [0.5, 0.6) is 0 Å². The minimum Gasteiger partial charge on any atom is -0.330 e. The Bertz CT molecular complexity index is 80.1. The van der Waals surface area contributed by atoms with Crippen molar-refractivity contribution in [1.29, 1.82) is 0 Å². The van der Waals surface area contributed by atoms with Gasteiger partial charge in [0.1, 0.15) is 0 Å². The van der Waals surface area contributed by atoms with Crippen molar-refractivity contribution in [3.05, 3.63) is 0 Å². The molecule has 11 heavy (non-hydrogen) atoms. The first kappa shape index (κ1) is 11.2. The summed E-state index contributed by atoms with van der Waals surface area (Å²) in [4.78, 5) is 0. The molecule has 1 atom stereocenters. The van der Waals surface area contributed by atoms with Crippen LogP contribution in [0.2, 0.25) is 0 Å². The van der Waals surface area contributed by atoms with Crippen LogP contribution in [0.25, 0.3) is 0 Å². The number of hydrogen-bond acceptors (Lipinski definition) is 4. The summed E-state index contributed by atoms with van der Waals surface area (Å²) in [6.45, 7) is 3.31. The van der Waals surface area contributed by atoms with Gasteiger partial charge in [-0.25, -0.2) is 0 Å². The molecular formula is C7H19N3S. The predicted octanol–water partition coefficient (Wildman–Crippen LogP) is -0.428. The molecule has 0 aliphatic heterocycles. The zero-order valence-corrected chi connectivity index (χ0v) is 7.82. The molecule has 68 valence electrons. The molecule has 0 spiro atoms. The first-order valence-corrected chi connectivity index (χ1v) is 4.61. The van der Waals surface area contributed by atoms with E-state index in [0.717, 1.165) is 32.5 Å². The molecule has 0 aliphatic carbocycles. The number of nitrogens with two attached hydrogens (primary N) is 2. The monoisotopic (exact) mass is 177 g/mol. The molecule has 0 saturated carbocycles. The van der Waals surface area contributed by atoms with Crippen LogP contribution >= 0.6 is 12.6 Å². The molecule has 0 aliphatic rings. The zero-order valence-electron chi connectivity index (χ0n) is 6.92. The minimum absolute atomic E-state index is 0.435. The summed E-state index contributed by atoms with van der Waals surface area (Å²) >= 11 is 4.36. The van der Waals surface area contributed by atoms with Gasteiger partial charge in [0.15, 0.2) is 0 Å². The van der Waals surface area contributed by atoms with Crippen molar-refractivity contribution in [2.75, 3.05) is 26.2 Å². The Balaban J connectivity index is 2.97. The second kappa shape index (κ2) is 8.33. The Morgan fingerprint density at radius 2 is 1.82 bits per heavy atom. The van der Waals surface area contributed by atoms with E-state index in [-0.39, 0.29) is 0 Å². The molecule has 0 bridgehead atoms. The molecule has 0 aromatic carbocycles. The van der Waals surface area contributed by atoms with Gasteiger partial charge in [-0.05, 0) is 25.9 Å². The van der Waals surface area contributed by atoms with Crippen molar-refractivity contribution in [3.8, 4) is 0 Å². The minimum atomic E-state index is 0.435. The van der Waals surface area contributed by atoms with Crippen molar-refractivity contribution >= 4 is 12.6 Å². The Morgan fingerprint density at radius 3 is 2.36 bits per heavy atom.